The maximum Gasteiger partial charge on any atom is 0.337 e. The molecule has 0 atom stereocenters. The lowest BCUT2D eigenvalue weighted by Gasteiger charge is -2.12. The molecule has 2 aromatic heterocycles. The van der Waals surface area contributed by atoms with Gasteiger partial charge in [0.2, 0.25) is 5.91 Å². The van der Waals surface area contributed by atoms with Crippen molar-refractivity contribution in [3.8, 4) is 22.6 Å². The number of carbonyl (C=O) groups excluding carboxylic acids is 3. The van der Waals surface area contributed by atoms with Gasteiger partial charge in [-0.1, -0.05) is 66.4 Å². The zero-order valence-electron chi connectivity index (χ0n) is 23.4. The van der Waals surface area contributed by atoms with Crippen LogP contribution < -0.4 is 5.32 Å². The standard InChI is InChI=1S/C32H27N5O5S/c1-4-14-37-29(25-18-27(20-10-6-5-7-11-20)34-26-13-9-8-12-24(25)26)35-36-32(37)43-19-28(38)33-23-16-21(30(39)41-2)15-22(17-23)31(40)42-3/h4-13,15-18H,1,14,19H2,2-3H3,(H,33,38). The molecule has 0 radical (unpaired) electrons. The number of hydrogen-bond donors (Lipinski definition) is 1. The van der Waals surface area contributed by atoms with Crippen molar-refractivity contribution in [2.45, 2.75) is 11.7 Å². The van der Waals surface area contributed by atoms with Crippen LogP contribution in [-0.4, -0.2) is 57.6 Å². The molecule has 0 bridgehead atoms. The Kier molecular flexibility index (Phi) is 8.92. The number of para-hydroxylation sites is 1. The van der Waals surface area contributed by atoms with E-state index in [2.05, 4.69) is 22.1 Å². The summed E-state index contributed by atoms with van der Waals surface area (Å²) in [6, 6.07) is 23.9. The summed E-state index contributed by atoms with van der Waals surface area (Å²) >= 11 is 1.20. The van der Waals surface area contributed by atoms with Crippen LogP contribution in [0.1, 0.15) is 20.7 Å². The Bertz CT molecular complexity index is 1800. The second kappa shape index (κ2) is 13.1. The Morgan fingerprint density at radius 3 is 2.26 bits per heavy atom. The maximum atomic E-state index is 13.0. The van der Waals surface area contributed by atoms with E-state index in [9.17, 15) is 14.4 Å². The number of carbonyl (C=O) groups is 3. The van der Waals surface area contributed by atoms with Gasteiger partial charge in [-0.15, -0.1) is 16.8 Å². The van der Waals surface area contributed by atoms with Crippen molar-refractivity contribution in [1.82, 2.24) is 19.7 Å². The second-order valence-electron chi connectivity index (χ2n) is 9.26. The monoisotopic (exact) mass is 593 g/mol. The molecule has 0 spiro atoms. The van der Waals surface area contributed by atoms with Gasteiger partial charge in [-0.3, -0.25) is 9.36 Å². The number of thioether (sulfide) groups is 1. The Morgan fingerprint density at radius 2 is 1.58 bits per heavy atom. The van der Waals surface area contributed by atoms with E-state index in [0.717, 1.165) is 27.7 Å². The number of hydrogen-bond acceptors (Lipinski definition) is 9. The fourth-order valence-corrected chi connectivity index (χ4v) is 5.25. The van der Waals surface area contributed by atoms with Crippen molar-refractivity contribution in [1.29, 1.82) is 0 Å². The van der Waals surface area contributed by atoms with Gasteiger partial charge in [0, 0.05) is 28.7 Å². The number of nitrogens with one attached hydrogen (secondary N) is 1. The van der Waals surface area contributed by atoms with Crippen LogP contribution in [0.25, 0.3) is 33.5 Å². The van der Waals surface area contributed by atoms with E-state index in [0.29, 0.717) is 17.5 Å². The Morgan fingerprint density at radius 1 is 0.907 bits per heavy atom. The highest BCUT2D eigenvalue weighted by Crippen LogP contribution is 2.33. The van der Waals surface area contributed by atoms with Gasteiger partial charge in [0.1, 0.15) is 0 Å². The summed E-state index contributed by atoms with van der Waals surface area (Å²) in [6.07, 6.45) is 1.74. The van der Waals surface area contributed by atoms with Crippen molar-refractivity contribution in [3.63, 3.8) is 0 Å². The highest BCUT2D eigenvalue weighted by atomic mass is 32.2. The molecule has 0 fully saturated rings. The first-order valence-corrected chi connectivity index (χ1v) is 14.1. The van der Waals surface area contributed by atoms with Crippen molar-refractivity contribution in [2.24, 2.45) is 0 Å². The highest BCUT2D eigenvalue weighted by molar-refractivity contribution is 7.99. The normalized spacial score (nSPS) is 10.7. The molecule has 11 heteroatoms. The molecule has 5 rings (SSSR count). The van der Waals surface area contributed by atoms with E-state index in [-0.39, 0.29) is 28.5 Å². The van der Waals surface area contributed by atoms with E-state index in [1.165, 1.54) is 44.2 Å². The molecular weight excluding hydrogens is 566 g/mol. The smallest absolute Gasteiger partial charge is 0.337 e. The van der Waals surface area contributed by atoms with Crippen LogP contribution in [0.3, 0.4) is 0 Å². The number of anilines is 1. The maximum absolute atomic E-state index is 13.0. The minimum atomic E-state index is -0.653. The summed E-state index contributed by atoms with van der Waals surface area (Å²) in [7, 11) is 2.46. The van der Waals surface area contributed by atoms with E-state index in [1.54, 1.807) is 6.08 Å². The summed E-state index contributed by atoms with van der Waals surface area (Å²) in [6.45, 7) is 4.31. The molecule has 0 aliphatic heterocycles. The molecule has 1 amide bonds. The molecule has 0 saturated heterocycles. The molecule has 3 aromatic carbocycles. The molecule has 10 nitrogen and oxygen atoms in total. The molecule has 0 unspecified atom stereocenters. The van der Waals surface area contributed by atoms with Gasteiger partial charge in [0.15, 0.2) is 11.0 Å². The zero-order valence-corrected chi connectivity index (χ0v) is 24.3. The summed E-state index contributed by atoms with van der Waals surface area (Å²) in [5.74, 6) is -1.08. The van der Waals surface area contributed by atoms with Crippen LogP contribution in [0.2, 0.25) is 0 Å². The largest absolute Gasteiger partial charge is 0.465 e. The van der Waals surface area contributed by atoms with Crippen LogP contribution in [0.4, 0.5) is 5.69 Å². The fourth-order valence-electron chi connectivity index (χ4n) is 4.50. The molecule has 0 saturated carbocycles. The van der Waals surface area contributed by atoms with E-state index < -0.39 is 11.9 Å². The number of rotatable bonds is 10. The first-order chi connectivity index (χ1) is 20.9. The molecule has 0 aliphatic rings. The van der Waals surface area contributed by atoms with Gasteiger partial charge >= 0.3 is 11.9 Å². The third-order valence-electron chi connectivity index (χ3n) is 6.45. The topological polar surface area (TPSA) is 125 Å². The molecule has 216 valence electrons. The number of benzene rings is 3. The molecule has 43 heavy (non-hydrogen) atoms. The van der Waals surface area contributed by atoms with Gasteiger partial charge in [-0.05, 0) is 30.3 Å². The number of ether oxygens (including phenoxy) is 2. The lowest BCUT2D eigenvalue weighted by Crippen LogP contribution is -2.16. The van der Waals surface area contributed by atoms with Gasteiger partial charge < -0.3 is 14.8 Å². The average Bonchev–Trinajstić information content (AvgIpc) is 3.44. The number of pyridine rings is 1. The minimum absolute atomic E-state index is 0.0162. The minimum Gasteiger partial charge on any atom is -0.465 e. The van der Waals surface area contributed by atoms with Crippen molar-refractivity contribution < 1.29 is 23.9 Å². The number of allylic oxidation sites excluding steroid dienone is 1. The van der Waals surface area contributed by atoms with Crippen molar-refractivity contribution in [2.75, 3.05) is 25.3 Å². The van der Waals surface area contributed by atoms with Crippen LogP contribution in [-0.2, 0) is 20.8 Å². The molecule has 5 aromatic rings. The number of esters is 2. The Balaban J connectivity index is 1.43. The molecule has 2 heterocycles. The van der Waals surface area contributed by atoms with Crippen LogP contribution >= 0.6 is 11.8 Å². The highest BCUT2D eigenvalue weighted by Gasteiger charge is 2.20. The van der Waals surface area contributed by atoms with Crippen LogP contribution in [0.5, 0.6) is 0 Å². The van der Waals surface area contributed by atoms with Crippen LogP contribution in [0, 0.1) is 0 Å². The molecule has 0 aliphatic carbocycles. The number of methoxy groups -OCH3 is 2. The summed E-state index contributed by atoms with van der Waals surface area (Å²) in [4.78, 5) is 42.0. The number of nitrogens with zero attached hydrogens (tertiary/aromatic N) is 4. The molecular formula is C32H27N5O5S. The number of fused-ring (bicyclic) bond motifs is 1. The number of aromatic nitrogens is 4. The van der Waals surface area contributed by atoms with E-state index in [1.807, 2.05) is 65.2 Å². The number of amides is 1. The SMILES string of the molecule is C=CCn1c(SCC(=O)Nc2cc(C(=O)OC)cc(C(=O)OC)c2)nnc1-c1cc(-c2ccccc2)nc2ccccc12. The predicted molar refractivity (Wildman–Crippen MR) is 165 cm³/mol. The fraction of sp³-hybridized carbons (Fsp3) is 0.125. The van der Waals surface area contributed by atoms with Crippen LogP contribution in [0.15, 0.2) is 96.7 Å². The lowest BCUT2D eigenvalue weighted by molar-refractivity contribution is -0.113. The van der Waals surface area contributed by atoms with E-state index >= 15 is 0 Å². The quantitative estimate of drug-likeness (QED) is 0.124. The van der Waals surface area contributed by atoms with Gasteiger partial charge in [0.25, 0.3) is 0 Å². The summed E-state index contributed by atoms with van der Waals surface area (Å²) in [5.41, 5.74) is 3.90. The Labute approximate surface area is 251 Å². The lowest BCUT2D eigenvalue weighted by atomic mass is 10.0. The third kappa shape index (κ3) is 6.47. The molecule has 1 N–H and O–H groups in total. The third-order valence-corrected chi connectivity index (χ3v) is 7.41. The van der Waals surface area contributed by atoms with Crippen molar-refractivity contribution in [3.05, 3.63) is 103 Å². The first kappa shape index (κ1) is 29.2. The second-order valence-corrected chi connectivity index (χ2v) is 10.2. The first-order valence-electron chi connectivity index (χ1n) is 13.2. The van der Waals surface area contributed by atoms with Crippen molar-refractivity contribution >= 4 is 46.2 Å². The zero-order chi connectivity index (χ0) is 30.3. The van der Waals surface area contributed by atoms with Gasteiger partial charge in [-0.2, -0.15) is 0 Å². The van der Waals surface area contributed by atoms with Gasteiger partial charge in [0.05, 0.1) is 42.3 Å². The average molecular weight is 594 g/mol. The Hall–Kier alpha value is -5.29. The predicted octanol–water partition coefficient (Wildman–Crippen LogP) is 5.65. The summed E-state index contributed by atoms with van der Waals surface area (Å²) < 4.78 is 11.4. The summed E-state index contributed by atoms with van der Waals surface area (Å²) in [5, 5.41) is 13.1. The van der Waals surface area contributed by atoms with Gasteiger partial charge in [-0.25, -0.2) is 14.6 Å². The van der Waals surface area contributed by atoms with E-state index in [4.69, 9.17) is 14.5 Å².